The number of halogens is 6. The van der Waals surface area contributed by atoms with Crippen LogP contribution in [0.5, 0.6) is 5.75 Å². The molecule has 2 N–H and O–H groups in total. The van der Waals surface area contributed by atoms with Crippen LogP contribution in [0, 0.1) is 0 Å². The predicted molar refractivity (Wildman–Crippen MR) is 119 cm³/mol. The minimum atomic E-state index is -4.51. The van der Waals surface area contributed by atoms with Crippen LogP contribution >= 0.6 is 11.6 Å². The largest absolute Gasteiger partial charge is 0.487 e. The molecule has 1 aromatic heterocycles. The van der Waals surface area contributed by atoms with Crippen molar-refractivity contribution in [3.63, 3.8) is 0 Å². The number of benzene rings is 2. The molecule has 0 atom stereocenters. The second-order valence-corrected chi connectivity index (χ2v) is 7.72. The maximum atomic E-state index is 13.1. The number of morpholine rings is 1. The molecule has 2 aromatic carbocycles. The third-order valence-corrected chi connectivity index (χ3v) is 4.78. The monoisotopic (exact) mass is 516 g/mol. The quantitative estimate of drug-likeness (QED) is 0.320. The molecule has 4 rings (SSSR count). The van der Waals surface area contributed by atoms with E-state index in [1.165, 1.54) is 36.4 Å². The smallest absolute Gasteiger partial charge is 0.420 e. The van der Waals surface area contributed by atoms with Crippen molar-refractivity contribution in [3.8, 4) is 5.75 Å². The predicted octanol–water partition coefficient (Wildman–Crippen LogP) is 5.38. The van der Waals surface area contributed by atoms with Gasteiger partial charge in [0.25, 0.3) is 0 Å². The van der Waals surface area contributed by atoms with E-state index in [2.05, 4.69) is 30.3 Å². The lowest BCUT2D eigenvalue weighted by molar-refractivity contribution is -0.137. The molecular formula is C21H18ClF5N6O2. The molecule has 0 radical (unpaired) electrons. The molecule has 0 unspecified atom stereocenters. The summed E-state index contributed by atoms with van der Waals surface area (Å²) in [5.41, 5.74) is -4.11. The van der Waals surface area contributed by atoms with Crippen molar-refractivity contribution >= 4 is 40.8 Å². The maximum Gasteiger partial charge on any atom is 0.487 e. The fourth-order valence-corrected chi connectivity index (χ4v) is 3.24. The standard InChI is InChI=1S/C21H18ClF5N6O2/c22-21(26,27)35-16-6-4-14(5-7-16)28-17-30-18(32-19(31-17)33-8-10-34-11-9-33)29-15-3-1-2-13(12-15)20(23,24)25/h1-7,12H,8-11H2,(H2,28,29,30,31,32). The van der Waals surface area contributed by atoms with Crippen molar-refractivity contribution in [2.75, 3.05) is 41.8 Å². The van der Waals surface area contributed by atoms with Crippen LogP contribution in [0.3, 0.4) is 0 Å². The number of aromatic nitrogens is 3. The average molecular weight is 517 g/mol. The Labute approximate surface area is 201 Å². The summed E-state index contributed by atoms with van der Waals surface area (Å²) < 4.78 is 74.5. The average Bonchev–Trinajstić information content (AvgIpc) is 2.79. The first kappa shape index (κ1) is 24.7. The molecular weight excluding hydrogens is 499 g/mol. The number of rotatable bonds is 7. The number of ether oxygens (including phenoxy) is 2. The van der Waals surface area contributed by atoms with E-state index in [-0.39, 0.29) is 29.3 Å². The molecule has 1 aliphatic rings. The number of nitrogens with zero attached hydrogens (tertiary/aromatic N) is 4. The van der Waals surface area contributed by atoms with Gasteiger partial charge in [-0.1, -0.05) is 6.07 Å². The lowest BCUT2D eigenvalue weighted by Gasteiger charge is -2.27. The topological polar surface area (TPSA) is 84.4 Å². The zero-order chi connectivity index (χ0) is 25.1. The highest BCUT2D eigenvalue weighted by atomic mass is 35.5. The van der Waals surface area contributed by atoms with E-state index in [9.17, 15) is 22.0 Å². The summed E-state index contributed by atoms with van der Waals surface area (Å²) in [6, 6.07) is 10.0. The summed E-state index contributed by atoms with van der Waals surface area (Å²) in [4.78, 5) is 14.8. The van der Waals surface area contributed by atoms with Crippen molar-refractivity contribution in [1.29, 1.82) is 0 Å². The van der Waals surface area contributed by atoms with Crippen molar-refractivity contribution < 1.29 is 31.4 Å². The van der Waals surface area contributed by atoms with Crippen LogP contribution < -0.4 is 20.3 Å². The first-order chi connectivity index (χ1) is 16.5. The number of nitrogens with one attached hydrogen (secondary N) is 2. The molecule has 0 saturated carbocycles. The molecule has 0 aliphatic carbocycles. The zero-order valence-corrected chi connectivity index (χ0v) is 18.6. The SMILES string of the molecule is FC(F)(Cl)Oc1ccc(Nc2nc(Nc3cccc(C(F)(F)F)c3)nc(N3CCOCC3)n2)cc1. The van der Waals surface area contributed by atoms with Gasteiger partial charge in [-0.2, -0.15) is 28.1 Å². The van der Waals surface area contributed by atoms with Crippen molar-refractivity contribution in [1.82, 2.24) is 15.0 Å². The number of alkyl halides is 6. The first-order valence-corrected chi connectivity index (χ1v) is 10.6. The Morgan fingerprint density at radius 2 is 1.49 bits per heavy atom. The van der Waals surface area contributed by atoms with Crippen LogP contribution in [-0.4, -0.2) is 46.8 Å². The van der Waals surface area contributed by atoms with Gasteiger partial charge in [0.05, 0.1) is 18.8 Å². The highest BCUT2D eigenvalue weighted by molar-refractivity contribution is 6.20. The maximum absolute atomic E-state index is 13.1. The summed E-state index contributed by atoms with van der Waals surface area (Å²) in [6.07, 6.45) is -4.51. The van der Waals surface area contributed by atoms with E-state index in [0.29, 0.717) is 32.0 Å². The van der Waals surface area contributed by atoms with Gasteiger partial charge >= 0.3 is 11.7 Å². The van der Waals surface area contributed by atoms with Crippen molar-refractivity contribution in [2.45, 2.75) is 11.7 Å². The van der Waals surface area contributed by atoms with E-state index in [0.717, 1.165) is 12.1 Å². The van der Waals surface area contributed by atoms with Gasteiger partial charge in [-0.15, -0.1) is 8.78 Å². The Morgan fingerprint density at radius 1 is 0.857 bits per heavy atom. The molecule has 2 heterocycles. The van der Waals surface area contributed by atoms with E-state index >= 15 is 0 Å². The van der Waals surface area contributed by atoms with E-state index in [4.69, 9.17) is 16.3 Å². The Morgan fingerprint density at radius 3 is 2.09 bits per heavy atom. The summed E-state index contributed by atoms with van der Waals surface area (Å²) in [5, 5.41) is 5.70. The number of hydrogen-bond acceptors (Lipinski definition) is 8. The van der Waals surface area contributed by atoms with Crippen molar-refractivity contribution in [2.24, 2.45) is 0 Å². The minimum absolute atomic E-state index is 0.00468. The number of hydrogen-bond donors (Lipinski definition) is 2. The minimum Gasteiger partial charge on any atom is -0.420 e. The Kier molecular flexibility index (Phi) is 7.08. The normalized spacial score (nSPS) is 14.5. The summed E-state index contributed by atoms with van der Waals surface area (Å²) in [7, 11) is 0. The van der Waals surface area contributed by atoms with Gasteiger partial charge in [-0.25, -0.2) is 0 Å². The van der Waals surface area contributed by atoms with E-state index in [1.807, 2.05) is 4.90 Å². The number of anilines is 5. The van der Waals surface area contributed by atoms with Gasteiger partial charge in [0.2, 0.25) is 17.8 Å². The zero-order valence-electron chi connectivity index (χ0n) is 17.8. The second kappa shape index (κ2) is 10.0. The highest BCUT2D eigenvalue weighted by Gasteiger charge is 2.30. The van der Waals surface area contributed by atoms with Gasteiger partial charge in [0.15, 0.2) is 0 Å². The molecule has 0 bridgehead atoms. The molecule has 3 aromatic rings. The Hall–Kier alpha value is -3.45. The third kappa shape index (κ3) is 7.02. The summed E-state index contributed by atoms with van der Waals surface area (Å²) in [6.45, 7) is 1.92. The first-order valence-electron chi connectivity index (χ1n) is 10.2. The molecule has 14 heteroatoms. The lowest BCUT2D eigenvalue weighted by Crippen LogP contribution is -2.37. The van der Waals surface area contributed by atoms with Gasteiger partial charge in [0, 0.05) is 36.1 Å². The van der Waals surface area contributed by atoms with Crippen LogP contribution in [0.1, 0.15) is 5.56 Å². The van der Waals surface area contributed by atoms with Crippen LogP contribution in [0.2, 0.25) is 0 Å². The molecule has 186 valence electrons. The van der Waals surface area contributed by atoms with Gasteiger partial charge in [-0.3, -0.25) is 0 Å². The summed E-state index contributed by atoms with van der Waals surface area (Å²) >= 11 is 4.77. The molecule has 1 aliphatic heterocycles. The van der Waals surface area contributed by atoms with Crippen LogP contribution in [0.15, 0.2) is 48.5 Å². The fraction of sp³-hybridized carbons (Fsp3) is 0.286. The van der Waals surface area contributed by atoms with Gasteiger partial charge in [-0.05, 0) is 42.5 Å². The van der Waals surface area contributed by atoms with Crippen LogP contribution in [0.4, 0.5) is 51.2 Å². The molecule has 1 saturated heterocycles. The third-order valence-electron chi connectivity index (χ3n) is 4.71. The second-order valence-electron chi connectivity index (χ2n) is 7.28. The molecule has 0 amide bonds. The molecule has 35 heavy (non-hydrogen) atoms. The van der Waals surface area contributed by atoms with Gasteiger partial charge in [0.1, 0.15) is 5.75 Å². The molecule has 1 fully saturated rings. The highest BCUT2D eigenvalue weighted by Crippen LogP contribution is 2.32. The van der Waals surface area contributed by atoms with Crippen molar-refractivity contribution in [3.05, 3.63) is 54.1 Å². The lowest BCUT2D eigenvalue weighted by atomic mass is 10.2. The van der Waals surface area contributed by atoms with Gasteiger partial charge < -0.3 is 25.0 Å². The van der Waals surface area contributed by atoms with E-state index < -0.39 is 17.3 Å². The fourth-order valence-electron chi connectivity index (χ4n) is 3.15. The van der Waals surface area contributed by atoms with E-state index in [1.54, 1.807) is 0 Å². The Bertz CT molecular complexity index is 1150. The van der Waals surface area contributed by atoms with Crippen LogP contribution in [-0.2, 0) is 10.9 Å². The molecule has 8 nitrogen and oxygen atoms in total. The molecule has 0 spiro atoms. The Balaban J connectivity index is 1.60. The summed E-state index contributed by atoms with van der Waals surface area (Å²) in [5.74, 6) is 0.200. The van der Waals surface area contributed by atoms with Crippen LogP contribution in [0.25, 0.3) is 0 Å².